The van der Waals surface area contributed by atoms with E-state index < -0.39 is 9.80 Å². The Morgan fingerprint density at radius 1 is 0.596 bits per heavy atom. The molecule has 9 heteroatoms. The van der Waals surface area contributed by atoms with Crippen LogP contribution in [0.4, 0.5) is 22.7 Å². The molecule has 0 radical (unpaired) electrons. The molecule has 0 aromatic heterocycles. The number of anilines is 4. The number of rotatable bonds is 4. The van der Waals surface area contributed by atoms with E-state index in [1.807, 2.05) is 108 Å². The van der Waals surface area contributed by atoms with Crippen LogP contribution in [0.1, 0.15) is 62.8 Å². The zero-order chi connectivity index (χ0) is 39.2. The Kier molecular flexibility index (Phi) is 17.1. The SMILES string of the molecule is C=S(=O)(O)c1ccc2c(N)c(C)ccc2c1.CC.CCCC.Cc1cc(-c2ccc(N)c(C)c2)ccc1N.Cc1ccc2cc(SO)ccc2c1N. The van der Waals surface area contributed by atoms with Gasteiger partial charge >= 0.3 is 0 Å². The fourth-order valence-electron chi connectivity index (χ4n) is 4.85. The normalized spacial score (nSPS) is 11.3. The average Bonchev–Trinajstić information content (AvgIpc) is 3.14. The molecule has 6 aromatic rings. The van der Waals surface area contributed by atoms with Crippen LogP contribution < -0.4 is 22.9 Å². The summed E-state index contributed by atoms with van der Waals surface area (Å²) in [7, 11) is -3.16. The van der Waals surface area contributed by atoms with Crippen molar-refractivity contribution < 1.29 is 13.3 Å². The van der Waals surface area contributed by atoms with Crippen LogP contribution in [0.15, 0.2) is 107 Å². The second-order valence-electron chi connectivity index (χ2n) is 12.2. The van der Waals surface area contributed by atoms with Crippen LogP contribution in [0, 0.1) is 27.7 Å². The first-order valence-corrected chi connectivity index (χ1v) is 19.8. The summed E-state index contributed by atoms with van der Waals surface area (Å²) in [6.07, 6.45) is 2.64. The van der Waals surface area contributed by atoms with E-state index in [4.69, 9.17) is 27.5 Å². The van der Waals surface area contributed by atoms with Crippen molar-refractivity contribution in [3.63, 3.8) is 0 Å². The Balaban J connectivity index is 0.000000251. The van der Waals surface area contributed by atoms with Crippen LogP contribution >= 0.6 is 12.0 Å². The second kappa shape index (κ2) is 20.4. The van der Waals surface area contributed by atoms with Crippen LogP contribution in [0.2, 0.25) is 0 Å². The van der Waals surface area contributed by atoms with Gasteiger partial charge in [-0.05, 0) is 126 Å². The quantitative estimate of drug-likeness (QED) is 0.0591. The summed E-state index contributed by atoms with van der Waals surface area (Å²) in [6.45, 7) is 16.3. The zero-order valence-electron chi connectivity index (χ0n) is 31.8. The van der Waals surface area contributed by atoms with Gasteiger partial charge in [-0.2, -0.15) is 0 Å². The highest BCUT2D eigenvalue weighted by Gasteiger charge is 2.07. The van der Waals surface area contributed by atoms with Gasteiger partial charge in [-0.1, -0.05) is 89.1 Å². The minimum atomic E-state index is -3.16. The van der Waals surface area contributed by atoms with Crippen molar-refractivity contribution >= 4 is 72.0 Å². The lowest BCUT2D eigenvalue weighted by molar-refractivity contribution is 0.560. The third-order valence-corrected chi connectivity index (χ3v) is 9.80. The van der Waals surface area contributed by atoms with Crippen molar-refractivity contribution in [3.05, 3.63) is 119 Å². The molecule has 0 aliphatic heterocycles. The standard InChI is InChI=1S/C14H16N2.C12H13NO2S.C11H11NOS.C4H10.C2H6/c1-9-7-11(3-5-13(9)15)12-4-6-14(16)10(2)8-12;1-8-3-4-9-7-10(16(2,14)15)5-6-11(9)12(8)13;1-7-2-3-8-6-9(14-13)4-5-10(8)11(7)12;1-3-4-2;1-2/h3-8H,15-16H2,1-2H3;3-7H,2,13H2,1H3,(H,14,15);2-6,13H,12H2,1H3;3-4H2,1-2H3;1-2H3. The van der Waals surface area contributed by atoms with Gasteiger partial charge in [0.05, 0.1) is 4.90 Å². The molecule has 0 heterocycles. The second-order valence-corrected chi connectivity index (χ2v) is 14.6. The van der Waals surface area contributed by atoms with Gasteiger partial charge in [-0.3, -0.25) is 0 Å². The molecule has 0 fully saturated rings. The zero-order valence-corrected chi connectivity index (χ0v) is 33.4. The van der Waals surface area contributed by atoms with Crippen molar-refractivity contribution in [1.29, 1.82) is 0 Å². The lowest BCUT2D eigenvalue weighted by atomic mass is 10.0. The minimum Gasteiger partial charge on any atom is -0.399 e. The number of nitrogen functional groups attached to an aromatic ring is 4. The molecule has 0 aliphatic rings. The molecule has 0 saturated heterocycles. The molecule has 1 atom stereocenters. The third-order valence-electron chi connectivity index (χ3n) is 8.35. The van der Waals surface area contributed by atoms with Crippen LogP contribution in [-0.2, 0) is 9.80 Å². The van der Waals surface area contributed by atoms with Crippen LogP contribution in [0.5, 0.6) is 0 Å². The first kappa shape index (κ1) is 43.5. The lowest BCUT2D eigenvalue weighted by Gasteiger charge is -2.08. The first-order valence-electron chi connectivity index (χ1n) is 17.3. The van der Waals surface area contributed by atoms with Crippen LogP contribution in [0.3, 0.4) is 0 Å². The Bertz CT molecular complexity index is 2150. The van der Waals surface area contributed by atoms with E-state index in [0.717, 1.165) is 77.8 Å². The van der Waals surface area contributed by atoms with Crippen molar-refractivity contribution in [2.75, 3.05) is 22.9 Å². The Hall–Kier alpha value is -4.67. The van der Waals surface area contributed by atoms with Gasteiger partial charge in [0.2, 0.25) is 0 Å². The maximum atomic E-state index is 11.4. The highest BCUT2D eigenvalue weighted by Crippen LogP contribution is 2.29. The van der Waals surface area contributed by atoms with Gasteiger partial charge in [0.15, 0.2) is 0 Å². The fourth-order valence-corrected chi connectivity index (χ4v) is 5.75. The number of unbranched alkanes of at least 4 members (excludes halogenated alkanes) is 1. The highest BCUT2D eigenvalue weighted by atomic mass is 32.2. The number of nitrogens with two attached hydrogens (primary N) is 4. The summed E-state index contributed by atoms with van der Waals surface area (Å²) in [5.74, 6) is 3.24. The Morgan fingerprint density at radius 2 is 1.02 bits per heavy atom. The van der Waals surface area contributed by atoms with Crippen LogP contribution in [0.25, 0.3) is 32.7 Å². The van der Waals surface area contributed by atoms with Gasteiger partial charge in [0.1, 0.15) is 9.80 Å². The summed E-state index contributed by atoms with van der Waals surface area (Å²) in [5.41, 5.74) is 33.3. The van der Waals surface area contributed by atoms with Crippen molar-refractivity contribution in [1.82, 2.24) is 0 Å². The predicted octanol–water partition coefficient (Wildman–Crippen LogP) is 11.5. The van der Waals surface area contributed by atoms with Gasteiger partial charge in [0, 0.05) is 50.5 Å². The molecule has 0 amide bonds. The largest absolute Gasteiger partial charge is 0.399 e. The summed E-state index contributed by atoms with van der Waals surface area (Å²) < 4.78 is 29.7. The average molecular weight is 741 g/mol. The Morgan fingerprint density at radius 3 is 1.40 bits per heavy atom. The molecule has 0 saturated carbocycles. The molecule has 0 aliphatic carbocycles. The van der Waals surface area contributed by atoms with E-state index >= 15 is 0 Å². The van der Waals surface area contributed by atoms with Gasteiger partial charge < -0.3 is 32.0 Å². The molecule has 6 aromatic carbocycles. The molecule has 0 bridgehead atoms. The van der Waals surface area contributed by atoms with Gasteiger partial charge in [0.25, 0.3) is 0 Å². The molecule has 7 nitrogen and oxygen atoms in total. The highest BCUT2D eigenvalue weighted by molar-refractivity contribution is 7.95. The predicted molar refractivity (Wildman–Crippen MR) is 233 cm³/mol. The Labute approximate surface area is 315 Å². The molecule has 1 unspecified atom stereocenters. The summed E-state index contributed by atoms with van der Waals surface area (Å²) >= 11 is 0.753. The molecule has 278 valence electrons. The van der Waals surface area contributed by atoms with E-state index in [1.54, 1.807) is 18.2 Å². The van der Waals surface area contributed by atoms with Crippen LogP contribution in [-0.4, -0.2) is 19.2 Å². The molecule has 0 spiro atoms. The molecule has 52 heavy (non-hydrogen) atoms. The summed E-state index contributed by atoms with van der Waals surface area (Å²) in [5, 5.41) is 3.85. The number of hydrogen-bond acceptors (Lipinski definition) is 7. The smallest absolute Gasteiger partial charge is 0.104 e. The van der Waals surface area contributed by atoms with Gasteiger partial charge in [-0.15, -0.1) is 0 Å². The topological polar surface area (TPSA) is 162 Å². The van der Waals surface area contributed by atoms with E-state index in [9.17, 15) is 8.76 Å². The van der Waals surface area contributed by atoms with Gasteiger partial charge in [-0.25, -0.2) is 4.21 Å². The van der Waals surface area contributed by atoms with Crippen molar-refractivity contribution in [2.24, 2.45) is 0 Å². The monoisotopic (exact) mass is 740 g/mol. The van der Waals surface area contributed by atoms with E-state index in [-0.39, 0.29) is 0 Å². The molecule has 6 rings (SSSR count). The number of benzene rings is 6. The molecular formula is C43H56N4O3S2. The van der Waals surface area contributed by atoms with Crippen molar-refractivity contribution in [2.45, 2.75) is 78.0 Å². The van der Waals surface area contributed by atoms with E-state index in [2.05, 4.69) is 31.9 Å². The third kappa shape index (κ3) is 12.0. The summed E-state index contributed by atoms with van der Waals surface area (Å²) in [4.78, 5) is 1.16. The maximum absolute atomic E-state index is 11.4. The maximum Gasteiger partial charge on any atom is 0.104 e. The van der Waals surface area contributed by atoms with E-state index in [0.29, 0.717) is 10.6 Å². The molecular weight excluding hydrogens is 685 g/mol. The number of fused-ring (bicyclic) bond motifs is 2. The van der Waals surface area contributed by atoms with E-state index in [1.165, 1.54) is 24.0 Å². The first-order chi connectivity index (χ1) is 24.6. The minimum absolute atomic E-state index is 0.322. The summed E-state index contributed by atoms with van der Waals surface area (Å²) in [6, 6.07) is 30.7. The van der Waals surface area contributed by atoms with Crippen molar-refractivity contribution in [3.8, 4) is 11.1 Å². The number of aryl methyl sites for hydroxylation is 4. The fraction of sp³-hybridized carbons (Fsp3) is 0.233. The molecule has 10 N–H and O–H groups in total. The number of hydrogen-bond donors (Lipinski definition) is 6. The lowest BCUT2D eigenvalue weighted by Crippen LogP contribution is -1.98.